The van der Waals surface area contributed by atoms with Crippen molar-refractivity contribution in [3.63, 3.8) is 0 Å². The lowest BCUT2D eigenvalue weighted by Crippen LogP contribution is -2.41. The smallest absolute Gasteiger partial charge is 0.247 e. The van der Waals surface area contributed by atoms with E-state index in [1.807, 2.05) is 6.92 Å². The first-order valence-electron chi connectivity index (χ1n) is 7.67. The van der Waals surface area contributed by atoms with Crippen LogP contribution in [0.4, 0.5) is 22.0 Å². The summed E-state index contributed by atoms with van der Waals surface area (Å²) in [5.74, 6) is -1.90. The summed E-state index contributed by atoms with van der Waals surface area (Å²) in [7, 11) is 0. The number of rotatable bonds is 2. The van der Waals surface area contributed by atoms with Gasteiger partial charge in [0.25, 0.3) is 0 Å². The lowest BCUT2D eigenvalue weighted by Gasteiger charge is -2.41. The first-order chi connectivity index (χ1) is 9.32. The Balaban J connectivity index is 1.93. The summed E-state index contributed by atoms with van der Waals surface area (Å²) in [5.41, 5.74) is 0. The molecule has 0 aliphatic heterocycles. The minimum Gasteiger partial charge on any atom is -0.247 e. The Morgan fingerprint density at radius 3 is 2.10 bits per heavy atom. The third-order valence-electron chi connectivity index (χ3n) is 5.35. The van der Waals surface area contributed by atoms with Crippen LogP contribution in [0.2, 0.25) is 0 Å². The van der Waals surface area contributed by atoms with Crippen LogP contribution in [0.25, 0.3) is 0 Å². The van der Waals surface area contributed by atoms with Crippen LogP contribution in [-0.4, -0.2) is 18.5 Å². The zero-order valence-corrected chi connectivity index (χ0v) is 11.8. The molecule has 0 amide bonds. The maximum Gasteiger partial charge on any atom is 0.394 e. The summed E-state index contributed by atoms with van der Waals surface area (Å²) in [5, 5.41) is 0. The van der Waals surface area contributed by atoms with E-state index < -0.39 is 24.4 Å². The molecular weight excluding hydrogens is 275 g/mol. The van der Waals surface area contributed by atoms with Crippen LogP contribution in [-0.2, 0) is 0 Å². The highest BCUT2D eigenvalue weighted by Crippen LogP contribution is 2.47. The van der Waals surface area contributed by atoms with Gasteiger partial charge in [0, 0.05) is 0 Å². The van der Waals surface area contributed by atoms with Crippen molar-refractivity contribution in [2.75, 3.05) is 0 Å². The summed E-state index contributed by atoms with van der Waals surface area (Å²) in [4.78, 5) is 0. The molecule has 0 heterocycles. The fraction of sp³-hybridized carbons (Fsp3) is 1.00. The summed E-state index contributed by atoms with van der Waals surface area (Å²) in [6.07, 6.45) is -4.20. The third-order valence-corrected chi connectivity index (χ3v) is 5.35. The van der Waals surface area contributed by atoms with E-state index in [0.717, 1.165) is 12.8 Å². The molecule has 20 heavy (non-hydrogen) atoms. The van der Waals surface area contributed by atoms with Crippen LogP contribution >= 0.6 is 0 Å². The minimum absolute atomic E-state index is 0.119. The molecule has 0 nitrogen and oxygen atoms in total. The molecule has 2 rings (SSSR count). The van der Waals surface area contributed by atoms with E-state index >= 15 is 0 Å². The van der Waals surface area contributed by atoms with E-state index in [2.05, 4.69) is 0 Å². The number of hydrogen-bond donors (Lipinski definition) is 0. The first kappa shape index (κ1) is 16.0. The Labute approximate surface area is 117 Å². The van der Waals surface area contributed by atoms with E-state index in [0.29, 0.717) is 25.2 Å². The molecule has 2 aliphatic carbocycles. The molecule has 0 aromatic heterocycles. The van der Waals surface area contributed by atoms with Crippen LogP contribution < -0.4 is 0 Å². The fourth-order valence-electron chi connectivity index (χ4n) is 4.03. The van der Waals surface area contributed by atoms with Crippen molar-refractivity contribution < 1.29 is 22.0 Å². The fourth-order valence-corrected chi connectivity index (χ4v) is 4.03. The Morgan fingerprint density at radius 1 is 0.900 bits per heavy atom. The van der Waals surface area contributed by atoms with Crippen molar-refractivity contribution >= 4 is 0 Å². The number of hydrogen-bond acceptors (Lipinski definition) is 0. The molecule has 2 aliphatic rings. The van der Waals surface area contributed by atoms with Crippen LogP contribution in [0.3, 0.4) is 0 Å². The van der Waals surface area contributed by atoms with Gasteiger partial charge >= 0.3 is 6.18 Å². The lowest BCUT2D eigenvalue weighted by atomic mass is 9.67. The van der Waals surface area contributed by atoms with Crippen molar-refractivity contribution in [1.82, 2.24) is 0 Å². The zero-order chi connectivity index (χ0) is 14.9. The van der Waals surface area contributed by atoms with E-state index in [1.54, 1.807) is 0 Å². The predicted octanol–water partition coefficient (Wildman–Crippen LogP) is 5.47. The van der Waals surface area contributed by atoms with Gasteiger partial charge < -0.3 is 0 Å². The largest absolute Gasteiger partial charge is 0.394 e. The second-order valence-electron chi connectivity index (χ2n) is 6.50. The molecule has 0 bridgehead atoms. The maximum atomic E-state index is 14.2. The second-order valence-corrected chi connectivity index (χ2v) is 6.50. The van der Waals surface area contributed by atoms with Crippen molar-refractivity contribution in [3.8, 4) is 0 Å². The third kappa shape index (κ3) is 3.45. The molecular formula is C15H23F5. The minimum atomic E-state index is -4.46. The molecule has 0 aromatic carbocycles. The van der Waals surface area contributed by atoms with E-state index in [9.17, 15) is 22.0 Å². The topological polar surface area (TPSA) is 0 Å². The van der Waals surface area contributed by atoms with Crippen LogP contribution in [0.15, 0.2) is 0 Å². The predicted molar refractivity (Wildman–Crippen MR) is 67.8 cm³/mol. The van der Waals surface area contributed by atoms with Crippen molar-refractivity contribution in [2.24, 2.45) is 23.7 Å². The molecule has 6 unspecified atom stereocenters. The monoisotopic (exact) mass is 298 g/mol. The summed E-state index contributed by atoms with van der Waals surface area (Å²) in [6.45, 7) is 2.03. The molecule has 2 saturated carbocycles. The highest BCUT2D eigenvalue weighted by Gasteiger charge is 2.49. The molecule has 5 heteroatoms. The number of halogens is 5. The molecule has 0 radical (unpaired) electrons. The SMILES string of the molecule is CCC1CCC(C2CCC(C(F)(F)F)C(F)C2)C(F)C1. The normalized spacial score (nSPS) is 43.5. The molecule has 2 fully saturated rings. The van der Waals surface area contributed by atoms with Crippen molar-refractivity contribution in [1.29, 1.82) is 0 Å². The highest BCUT2D eigenvalue weighted by atomic mass is 19.4. The highest BCUT2D eigenvalue weighted by molar-refractivity contribution is 4.91. The molecule has 0 saturated heterocycles. The quantitative estimate of drug-likeness (QED) is 0.593. The lowest BCUT2D eigenvalue weighted by molar-refractivity contribution is -0.203. The van der Waals surface area contributed by atoms with E-state index in [4.69, 9.17) is 0 Å². The van der Waals surface area contributed by atoms with Gasteiger partial charge in [0.2, 0.25) is 0 Å². The molecule has 0 spiro atoms. The molecule has 6 atom stereocenters. The van der Waals surface area contributed by atoms with E-state index in [1.165, 1.54) is 0 Å². The Kier molecular flexibility index (Phi) is 4.96. The van der Waals surface area contributed by atoms with Gasteiger partial charge in [-0.3, -0.25) is 0 Å². The van der Waals surface area contributed by atoms with Gasteiger partial charge in [-0.25, -0.2) is 8.78 Å². The standard InChI is InChI=1S/C15H23F5/c1-2-9-3-5-11(13(16)7-9)10-4-6-12(14(17)8-10)15(18,19)20/h9-14H,2-8H2,1H3. The Hall–Kier alpha value is -0.350. The van der Waals surface area contributed by atoms with Gasteiger partial charge in [-0.1, -0.05) is 13.3 Å². The van der Waals surface area contributed by atoms with Crippen LogP contribution in [0.1, 0.15) is 51.9 Å². The molecule has 0 aromatic rings. The van der Waals surface area contributed by atoms with Crippen LogP contribution in [0, 0.1) is 23.7 Å². The number of alkyl halides is 5. The Morgan fingerprint density at radius 2 is 1.60 bits per heavy atom. The maximum absolute atomic E-state index is 14.2. The summed E-state index contributed by atoms with van der Waals surface area (Å²) < 4.78 is 65.8. The Bertz CT molecular complexity index is 314. The van der Waals surface area contributed by atoms with Gasteiger partial charge in [-0.2, -0.15) is 13.2 Å². The average Bonchev–Trinajstić information content (AvgIpc) is 2.36. The first-order valence-corrected chi connectivity index (χ1v) is 7.67. The van der Waals surface area contributed by atoms with Gasteiger partial charge in [-0.05, 0) is 56.3 Å². The molecule has 118 valence electrons. The van der Waals surface area contributed by atoms with Gasteiger partial charge in [0.05, 0.1) is 5.92 Å². The van der Waals surface area contributed by atoms with Gasteiger partial charge in [0.15, 0.2) is 0 Å². The van der Waals surface area contributed by atoms with E-state index in [-0.39, 0.29) is 24.7 Å². The summed E-state index contributed by atoms with van der Waals surface area (Å²) >= 11 is 0. The van der Waals surface area contributed by atoms with Gasteiger partial charge in [-0.15, -0.1) is 0 Å². The van der Waals surface area contributed by atoms with Gasteiger partial charge in [0.1, 0.15) is 12.3 Å². The zero-order valence-electron chi connectivity index (χ0n) is 11.8. The average molecular weight is 298 g/mol. The van der Waals surface area contributed by atoms with Crippen molar-refractivity contribution in [3.05, 3.63) is 0 Å². The van der Waals surface area contributed by atoms with Crippen LogP contribution in [0.5, 0.6) is 0 Å². The molecule has 0 N–H and O–H groups in total. The second kappa shape index (κ2) is 6.18. The summed E-state index contributed by atoms with van der Waals surface area (Å²) in [6, 6.07) is 0. The van der Waals surface area contributed by atoms with Crippen molar-refractivity contribution in [2.45, 2.75) is 70.4 Å².